The predicted octanol–water partition coefficient (Wildman–Crippen LogP) is 3.65. The van der Waals surface area contributed by atoms with Crippen LogP contribution < -0.4 is 10.6 Å². The van der Waals surface area contributed by atoms with E-state index in [0.717, 1.165) is 67.1 Å². The van der Waals surface area contributed by atoms with Crippen molar-refractivity contribution >= 4 is 33.5 Å². The highest BCUT2D eigenvalue weighted by molar-refractivity contribution is 6.03. The lowest BCUT2D eigenvalue weighted by molar-refractivity contribution is 0.0623. The van der Waals surface area contributed by atoms with Crippen LogP contribution in [0.1, 0.15) is 18.1 Å². The normalized spacial score (nSPS) is 20.0. The lowest BCUT2D eigenvalue weighted by Gasteiger charge is -2.33. The highest BCUT2D eigenvalue weighted by Gasteiger charge is 2.32. The molecule has 0 spiro atoms. The van der Waals surface area contributed by atoms with Gasteiger partial charge in [0.15, 0.2) is 0 Å². The third kappa shape index (κ3) is 5.09. The second kappa shape index (κ2) is 10.7. The molecular formula is C34H36N6O3. The van der Waals surface area contributed by atoms with Gasteiger partial charge in [0.2, 0.25) is 0 Å². The van der Waals surface area contributed by atoms with Gasteiger partial charge in [-0.15, -0.1) is 0 Å². The number of hydrogen-bond acceptors (Lipinski definition) is 7. The van der Waals surface area contributed by atoms with Gasteiger partial charge in [0, 0.05) is 62.8 Å². The van der Waals surface area contributed by atoms with Gasteiger partial charge in [-0.3, -0.25) is 9.98 Å². The van der Waals surface area contributed by atoms with Gasteiger partial charge < -0.3 is 35.9 Å². The first kappa shape index (κ1) is 27.4. The van der Waals surface area contributed by atoms with Crippen molar-refractivity contribution in [3.63, 3.8) is 0 Å². The number of aliphatic hydroxyl groups excluding tert-OH is 3. The number of aromatic amines is 2. The summed E-state index contributed by atoms with van der Waals surface area (Å²) in [4.78, 5) is 16.4. The average Bonchev–Trinajstić information content (AvgIpc) is 3.69. The van der Waals surface area contributed by atoms with Crippen molar-refractivity contribution < 1.29 is 15.3 Å². The van der Waals surface area contributed by atoms with Crippen molar-refractivity contribution in [2.75, 3.05) is 46.0 Å². The molecule has 0 bridgehead atoms. The number of aliphatic hydroxyl groups is 3. The smallest absolute Gasteiger partial charge is 0.128 e. The Morgan fingerprint density at radius 1 is 0.605 bits per heavy atom. The number of fused-ring (bicyclic) bond motifs is 2. The molecule has 1 unspecified atom stereocenters. The summed E-state index contributed by atoms with van der Waals surface area (Å²) in [6.07, 6.45) is 0. The second-order valence-electron chi connectivity index (χ2n) is 12.4. The predicted molar refractivity (Wildman–Crippen MR) is 172 cm³/mol. The first-order valence-electron chi connectivity index (χ1n) is 14.7. The quantitative estimate of drug-likeness (QED) is 0.158. The van der Waals surface area contributed by atoms with Crippen LogP contribution in [0.15, 0.2) is 82.8 Å². The SMILES string of the molecule is CC1(CO)CN=C(c2ccc3cc(-c4ccc(-c5cc6ccc(C7=NCC(CO)(CO)CN7)cc6[nH]5)cc4)[nH]c3c2)NC1. The standard InChI is InChI=1S/C34H36N6O3/c1-33(18-41)14-35-31(36-15-33)25-8-6-23-10-27(39-29(23)12-25)21-2-4-22(5-3-21)28-11-24-7-9-26(13-30(24)40-28)32-37-16-34(19-42,20-43)17-38-32/h2-13,39-43H,14-20H2,1H3,(H,35,36)(H,37,38). The maximum atomic E-state index is 9.65. The number of hydrogen-bond donors (Lipinski definition) is 7. The third-order valence-electron chi connectivity index (χ3n) is 8.86. The minimum Gasteiger partial charge on any atom is -0.396 e. The topological polar surface area (TPSA) is 141 Å². The summed E-state index contributed by atoms with van der Waals surface area (Å²) in [5, 5.41) is 37.9. The molecule has 3 aromatic carbocycles. The van der Waals surface area contributed by atoms with E-state index >= 15 is 0 Å². The minimum absolute atomic E-state index is 0.105. The lowest BCUT2D eigenvalue weighted by atomic mass is 9.88. The maximum absolute atomic E-state index is 9.65. The summed E-state index contributed by atoms with van der Waals surface area (Å²) < 4.78 is 0. The fourth-order valence-corrected chi connectivity index (χ4v) is 5.75. The monoisotopic (exact) mass is 576 g/mol. The van der Waals surface area contributed by atoms with Gasteiger partial charge in [0.25, 0.3) is 0 Å². The first-order chi connectivity index (χ1) is 20.9. The van der Waals surface area contributed by atoms with Gasteiger partial charge in [-0.25, -0.2) is 0 Å². The molecule has 43 heavy (non-hydrogen) atoms. The number of aromatic nitrogens is 2. The van der Waals surface area contributed by atoms with E-state index in [-0.39, 0.29) is 25.2 Å². The molecule has 4 heterocycles. The van der Waals surface area contributed by atoms with Crippen molar-refractivity contribution in [2.45, 2.75) is 6.92 Å². The van der Waals surface area contributed by atoms with Gasteiger partial charge >= 0.3 is 0 Å². The summed E-state index contributed by atoms with van der Waals surface area (Å²) in [6, 6.07) is 25.4. The third-order valence-corrected chi connectivity index (χ3v) is 8.86. The molecule has 0 saturated carbocycles. The van der Waals surface area contributed by atoms with E-state index in [9.17, 15) is 15.3 Å². The molecule has 1 atom stereocenters. The van der Waals surface area contributed by atoms with E-state index in [1.165, 1.54) is 0 Å². The molecule has 0 fully saturated rings. The van der Waals surface area contributed by atoms with Crippen molar-refractivity contribution in [3.8, 4) is 22.5 Å². The van der Waals surface area contributed by atoms with Crippen LogP contribution in [0.5, 0.6) is 0 Å². The lowest BCUT2D eigenvalue weighted by Crippen LogP contribution is -2.49. The molecule has 7 rings (SSSR count). The maximum Gasteiger partial charge on any atom is 0.128 e. The number of benzene rings is 3. The number of H-pyrrole nitrogens is 2. The molecule has 0 saturated heterocycles. The van der Waals surface area contributed by atoms with E-state index in [4.69, 9.17) is 4.99 Å². The zero-order valence-electron chi connectivity index (χ0n) is 24.1. The summed E-state index contributed by atoms with van der Waals surface area (Å²) in [6.45, 7) is 4.11. The second-order valence-corrected chi connectivity index (χ2v) is 12.4. The molecule has 9 nitrogen and oxygen atoms in total. The zero-order valence-corrected chi connectivity index (χ0v) is 24.1. The highest BCUT2D eigenvalue weighted by atomic mass is 16.3. The van der Waals surface area contributed by atoms with Crippen molar-refractivity contribution in [1.29, 1.82) is 0 Å². The van der Waals surface area contributed by atoms with Gasteiger partial charge in [-0.1, -0.05) is 55.5 Å². The Morgan fingerprint density at radius 2 is 1.09 bits per heavy atom. The molecule has 220 valence electrons. The van der Waals surface area contributed by atoms with Crippen molar-refractivity contribution in [1.82, 2.24) is 20.6 Å². The number of aliphatic imine (C=N–C) groups is 2. The van der Waals surface area contributed by atoms with E-state index in [2.05, 4.69) is 92.3 Å². The van der Waals surface area contributed by atoms with E-state index in [1.54, 1.807) is 0 Å². The Labute approximate surface area is 249 Å². The molecule has 7 N–H and O–H groups in total. The largest absolute Gasteiger partial charge is 0.396 e. The van der Waals surface area contributed by atoms with Crippen molar-refractivity contribution in [3.05, 3.63) is 83.9 Å². The fraction of sp³-hybridized carbons (Fsp3) is 0.294. The molecule has 2 aromatic heterocycles. The Balaban J connectivity index is 1.10. The van der Waals surface area contributed by atoms with Crippen LogP contribution >= 0.6 is 0 Å². The van der Waals surface area contributed by atoms with Crippen LogP contribution in [0, 0.1) is 10.8 Å². The molecule has 0 radical (unpaired) electrons. The van der Waals surface area contributed by atoms with Crippen LogP contribution in [0.2, 0.25) is 0 Å². The summed E-state index contributed by atoms with van der Waals surface area (Å²) >= 11 is 0. The molecule has 0 aliphatic carbocycles. The van der Waals surface area contributed by atoms with Gasteiger partial charge in [0.05, 0.1) is 38.3 Å². The molecule has 0 amide bonds. The number of rotatable bonds is 7. The number of nitrogens with zero attached hydrogens (tertiary/aromatic N) is 2. The van der Waals surface area contributed by atoms with Crippen LogP contribution in [-0.4, -0.2) is 83.0 Å². The number of nitrogens with one attached hydrogen (secondary N) is 4. The van der Waals surface area contributed by atoms with Crippen LogP contribution in [0.3, 0.4) is 0 Å². The Hall–Kier alpha value is -4.44. The van der Waals surface area contributed by atoms with E-state index in [0.29, 0.717) is 26.2 Å². The fourth-order valence-electron chi connectivity index (χ4n) is 5.75. The van der Waals surface area contributed by atoms with Crippen LogP contribution in [0.25, 0.3) is 44.3 Å². The first-order valence-corrected chi connectivity index (χ1v) is 14.7. The van der Waals surface area contributed by atoms with E-state index in [1.807, 2.05) is 13.0 Å². The Bertz CT molecular complexity index is 1860. The summed E-state index contributed by atoms with van der Waals surface area (Å²) in [5.41, 5.74) is 7.55. The zero-order chi connectivity index (χ0) is 29.6. The molecule has 9 heteroatoms. The summed E-state index contributed by atoms with van der Waals surface area (Å²) in [7, 11) is 0. The number of amidine groups is 2. The average molecular weight is 577 g/mol. The van der Waals surface area contributed by atoms with Crippen molar-refractivity contribution in [2.24, 2.45) is 20.8 Å². The van der Waals surface area contributed by atoms with Gasteiger partial charge in [-0.05, 0) is 35.4 Å². The van der Waals surface area contributed by atoms with E-state index < -0.39 is 5.41 Å². The minimum atomic E-state index is -0.610. The summed E-state index contributed by atoms with van der Waals surface area (Å²) in [5.74, 6) is 1.64. The Kier molecular flexibility index (Phi) is 6.80. The Morgan fingerprint density at radius 3 is 1.51 bits per heavy atom. The van der Waals surface area contributed by atoms with Crippen LogP contribution in [-0.2, 0) is 0 Å². The van der Waals surface area contributed by atoms with Gasteiger partial charge in [-0.2, -0.15) is 0 Å². The highest BCUT2D eigenvalue weighted by Crippen LogP contribution is 2.30. The molecular weight excluding hydrogens is 540 g/mol. The molecule has 2 aliphatic heterocycles. The van der Waals surface area contributed by atoms with Crippen LogP contribution in [0.4, 0.5) is 0 Å². The molecule has 5 aromatic rings. The van der Waals surface area contributed by atoms with Gasteiger partial charge in [0.1, 0.15) is 11.7 Å². The molecule has 2 aliphatic rings.